The molecule has 144 valence electrons. The van der Waals surface area contributed by atoms with Crippen LogP contribution >= 0.6 is 0 Å². The Balaban J connectivity index is 1.45. The molecular weight excluding hydrogens is 364 g/mol. The van der Waals surface area contributed by atoms with Gasteiger partial charge in [0.1, 0.15) is 0 Å². The Labute approximate surface area is 175 Å². The minimum atomic E-state index is 1.22. The van der Waals surface area contributed by atoms with Crippen LogP contribution in [-0.2, 0) is 14.1 Å². The first-order valence-electron chi connectivity index (χ1n) is 10.3. The lowest BCUT2D eigenvalue weighted by Crippen LogP contribution is -1.86. The first-order chi connectivity index (χ1) is 14.7. The molecule has 2 nitrogen and oxygen atoms in total. The summed E-state index contributed by atoms with van der Waals surface area (Å²) in [4.78, 5) is 0. The van der Waals surface area contributed by atoms with Gasteiger partial charge >= 0.3 is 0 Å². The van der Waals surface area contributed by atoms with Crippen LogP contribution in [-0.4, -0.2) is 9.13 Å². The second-order valence-corrected chi connectivity index (χ2v) is 8.04. The molecule has 0 aliphatic carbocycles. The number of nitrogens with zero attached hydrogens (tertiary/aromatic N) is 2. The predicted molar refractivity (Wildman–Crippen MR) is 130 cm³/mol. The van der Waals surface area contributed by atoms with Gasteiger partial charge in [0.05, 0.1) is 0 Å². The molecule has 0 aliphatic heterocycles. The predicted octanol–water partition coefficient (Wildman–Crippen LogP) is 7.15. The Bertz CT molecular complexity index is 1490. The Hall–Kier alpha value is -3.78. The van der Waals surface area contributed by atoms with Gasteiger partial charge in [-0.1, -0.05) is 60.7 Å². The standard InChI is InChI=1S/C28H22N2/c1-29-25-9-5-3-7-21(25)23-17-19(13-15-27(23)29)11-12-20-14-16-28-24(18-20)22-8-4-6-10-26(22)30(28)2/h3-18H,1-2H3. The largest absolute Gasteiger partial charge is 0.344 e. The summed E-state index contributed by atoms with van der Waals surface area (Å²) in [6, 6.07) is 30.7. The summed E-state index contributed by atoms with van der Waals surface area (Å²) < 4.78 is 4.54. The Morgan fingerprint density at radius 1 is 0.467 bits per heavy atom. The molecular formula is C28H22N2. The molecule has 0 saturated carbocycles. The summed E-state index contributed by atoms with van der Waals surface area (Å²) in [7, 11) is 4.28. The van der Waals surface area contributed by atoms with E-state index in [0.29, 0.717) is 0 Å². The molecule has 0 fully saturated rings. The highest BCUT2D eigenvalue weighted by molar-refractivity contribution is 6.10. The summed E-state index contributed by atoms with van der Waals surface area (Å²) in [5.41, 5.74) is 7.52. The van der Waals surface area contributed by atoms with Gasteiger partial charge in [-0.25, -0.2) is 0 Å². The fraction of sp³-hybridized carbons (Fsp3) is 0.0714. The maximum atomic E-state index is 2.30. The van der Waals surface area contributed by atoms with Crippen molar-refractivity contribution in [1.82, 2.24) is 9.13 Å². The van der Waals surface area contributed by atoms with Crippen molar-refractivity contribution in [3.8, 4) is 0 Å². The van der Waals surface area contributed by atoms with Gasteiger partial charge in [-0.05, 0) is 47.5 Å². The van der Waals surface area contributed by atoms with Crippen LogP contribution in [0.25, 0.3) is 55.8 Å². The topological polar surface area (TPSA) is 9.86 Å². The van der Waals surface area contributed by atoms with Crippen molar-refractivity contribution in [2.75, 3.05) is 0 Å². The molecule has 0 unspecified atom stereocenters. The molecule has 0 atom stereocenters. The summed E-state index contributed by atoms with van der Waals surface area (Å²) >= 11 is 0. The van der Waals surface area contributed by atoms with E-state index in [-0.39, 0.29) is 0 Å². The van der Waals surface area contributed by atoms with Crippen LogP contribution in [0.4, 0.5) is 0 Å². The van der Waals surface area contributed by atoms with Gasteiger partial charge in [0.25, 0.3) is 0 Å². The maximum Gasteiger partial charge on any atom is 0.0489 e. The van der Waals surface area contributed by atoms with Gasteiger partial charge in [-0.15, -0.1) is 0 Å². The normalized spacial score (nSPS) is 12.2. The fourth-order valence-electron chi connectivity index (χ4n) is 4.77. The lowest BCUT2D eigenvalue weighted by atomic mass is 10.1. The molecule has 2 heterocycles. The SMILES string of the molecule is Cn1c2ccccc2c2cc(C=Cc3ccc4c(c3)c3ccccc3n4C)ccc21. The number of aromatic nitrogens is 2. The molecule has 4 aromatic carbocycles. The second-order valence-electron chi connectivity index (χ2n) is 8.04. The molecule has 30 heavy (non-hydrogen) atoms. The Kier molecular flexibility index (Phi) is 3.63. The van der Waals surface area contributed by atoms with Crippen molar-refractivity contribution in [2.24, 2.45) is 14.1 Å². The number of rotatable bonds is 2. The smallest absolute Gasteiger partial charge is 0.0489 e. The van der Waals surface area contributed by atoms with E-state index in [0.717, 1.165) is 0 Å². The van der Waals surface area contributed by atoms with Gasteiger partial charge in [-0.2, -0.15) is 0 Å². The number of fused-ring (bicyclic) bond motifs is 6. The average molecular weight is 386 g/mol. The van der Waals surface area contributed by atoms with Crippen molar-refractivity contribution in [3.05, 3.63) is 96.1 Å². The third-order valence-electron chi connectivity index (χ3n) is 6.34. The monoisotopic (exact) mass is 386 g/mol. The second kappa shape index (κ2) is 6.36. The summed E-state index contributed by atoms with van der Waals surface area (Å²) in [6.07, 6.45) is 4.43. The summed E-state index contributed by atoms with van der Waals surface area (Å²) in [6.45, 7) is 0. The van der Waals surface area contributed by atoms with Crippen LogP contribution in [0.15, 0.2) is 84.9 Å². The number of benzene rings is 4. The molecule has 0 spiro atoms. The van der Waals surface area contributed by atoms with E-state index < -0.39 is 0 Å². The number of aryl methyl sites for hydroxylation is 2. The van der Waals surface area contributed by atoms with E-state index in [1.54, 1.807) is 0 Å². The molecule has 2 aromatic heterocycles. The maximum absolute atomic E-state index is 2.30. The van der Waals surface area contributed by atoms with E-state index in [2.05, 4.69) is 120 Å². The van der Waals surface area contributed by atoms with Gasteiger partial charge < -0.3 is 9.13 Å². The van der Waals surface area contributed by atoms with Crippen LogP contribution in [0.1, 0.15) is 11.1 Å². The van der Waals surface area contributed by atoms with E-state index in [1.807, 2.05) is 0 Å². The quantitative estimate of drug-likeness (QED) is 0.280. The van der Waals surface area contributed by atoms with Gasteiger partial charge in [0.15, 0.2) is 0 Å². The minimum Gasteiger partial charge on any atom is -0.344 e. The molecule has 0 radical (unpaired) electrons. The molecule has 0 aliphatic rings. The van der Waals surface area contributed by atoms with Crippen molar-refractivity contribution >= 4 is 55.8 Å². The number of hydrogen-bond acceptors (Lipinski definition) is 0. The zero-order chi connectivity index (χ0) is 20.2. The molecule has 0 bridgehead atoms. The average Bonchev–Trinajstić information content (AvgIpc) is 3.24. The zero-order valence-electron chi connectivity index (χ0n) is 17.1. The van der Waals surface area contributed by atoms with Crippen molar-refractivity contribution in [3.63, 3.8) is 0 Å². The fourth-order valence-corrected chi connectivity index (χ4v) is 4.77. The van der Waals surface area contributed by atoms with Crippen LogP contribution in [0.3, 0.4) is 0 Å². The lowest BCUT2D eigenvalue weighted by Gasteiger charge is -2.00. The molecule has 0 amide bonds. The zero-order valence-corrected chi connectivity index (χ0v) is 17.1. The van der Waals surface area contributed by atoms with Crippen LogP contribution in [0.5, 0.6) is 0 Å². The molecule has 0 N–H and O–H groups in total. The highest BCUT2D eigenvalue weighted by Crippen LogP contribution is 2.31. The third-order valence-corrected chi connectivity index (χ3v) is 6.34. The van der Waals surface area contributed by atoms with E-state index in [1.165, 1.54) is 54.7 Å². The van der Waals surface area contributed by atoms with Crippen LogP contribution < -0.4 is 0 Å². The van der Waals surface area contributed by atoms with Crippen LogP contribution in [0, 0.1) is 0 Å². The van der Waals surface area contributed by atoms with Gasteiger partial charge in [0.2, 0.25) is 0 Å². The highest BCUT2D eigenvalue weighted by atomic mass is 14.9. The minimum absolute atomic E-state index is 1.22. The molecule has 6 aromatic rings. The number of para-hydroxylation sites is 2. The van der Waals surface area contributed by atoms with Crippen molar-refractivity contribution in [2.45, 2.75) is 0 Å². The third kappa shape index (κ3) is 2.44. The van der Waals surface area contributed by atoms with Crippen molar-refractivity contribution < 1.29 is 0 Å². The Morgan fingerprint density at radius 3 is 1.33 bits per heavy atom. The first-order valence-corrected chi connectivity index (χ1v) is 10.3. The van der Waals surface area contributed by atoms with E-state index in [4.69, 9.17) is 0 Å². The molecule has 2 heteroatoms. The van der Waals surface area contributed by atoms with Crippen LogP contribution in [0.2, 0.25) is 0 Å². The molecule has 6 rings (SSSR count). The Morgan fingerprint density at radius 2 is 0.867 bits per heavy atom. The van der Waals surface area contributed by atoms with Crippen molar-refractivity contribution in [1.29, 1.82) is 0 Å². The van der Waals surface area contributed by atoms with E-state index >= 15 is 0 Å². The first kappa shape index (κ1) is 17.1. The van der Waals surface area contributed by atoms with E-state index in [9.17, 15) is 0 Å². The highest BCUT2D eigenvalue weighted by Gasteiger charge is 2.08. The summed E-state index contributed by atoms with van der Waals surface area (Å²) in [5.74, 6) is 0. The molecule has 0 saturated heterocycles. The van der Waals surface area contributed by atoms with Gasteiger partial charge in [-0.3, -0.25) is 0 Å². The number of hydrogen-bond donors (Lipinski definition) is 0. The van der Waals surface area contributed by atoms with Gasteiger partial charge in [0, 0.05) is 57.7 Å². The lowest BCUT2D eigenvalue weighted by molar-refractivity contribution is 1.01. The summed E-state index contributed by atoms with van der Waals surface area (Å²) in [5, 5.41) is 5.23.